The molecule has 0 aliphatic rings. The second kappa shape index (κ2) is 6.11. The first-order chi connectivity index (χ1) is 11.1. The molecule has 0 amide bonds. The van der Waals surface area contributed by atoms with E-state index in [1.807, 2.05) is 0 Å². The van der Waals surface area contributed by atoms with Crippen molar-refractivity contribution in [2.24, 2.45) is 0 Å². The average molecular weight is 336 g/mol. The molecule has 9 nitrogen and oxygen atoms in total. The third-order valence-electron chi connectivity index (χ3n) is 3.41. The van der Waals surface area contributed by atoms with Crippen LogP contribution in [0.1, 0.15) is 13.8 Å². The quantitative estimate of drug-likeness (QED) is 0.542. The molecule has 128 valence electrons. The van der Waals surface area contributed by atoms with Crippen LogP contribution in [0.2, 0.25) is 0 Å². The Kier molecular flexibility index (Phi) is 4.36. The summed E-state index contributed by atoms with van der Waals surface area (Å²) in [5, 5.41) is 39.5. The number of nitro benzene ring substituents is 1. The molecule has 0 saturated heterocycles. The first-order valence-electron chi connectivity index (χ1n) is 6.89. The number of aromatic nitrogens is 1. The first kappa shape index (κ1) is 17.1. The Morgan fingerprint density at radius 1 is 1.21 bits per heavy atom. The van der Waals surface area contributed by atoms with Gasteiger partial charge in [0.1, 0.15) is 5.75 Å². The molecule has 9 heteroatoms. The molecule has 1 heterocycles. The first-order valence-corrected chi connectivity index (χ1v) is 6.89. The monoisotopic (exact) mass is 336 g/mol. The summed E-state index contributed by atoms with van der Waals surface area (Å²) in [4.78, 5) is 22.7. The molecular weight excluding hydrogens is 320 g/mol. The minimum absolute atomic E-state index is 0.183. The van der Waals surface area contributed by atoms with Crippen molar-refractivity contribution in [2.45, 2.75) is 26.0 Å². The fourth-order valence-corrected chi connectivity index (χ4v) is 2.01. The molecule has 1 aromatic carbocycles. The number of carbonyl (C=O) groups is 1. The van der Waals surface area contributed by atoms with Crippen molar-refractivity contribution >= 4 is 11.5 Å². The highest BCUT2D eigenvalue weighted by Crippen LogP contribution is 2.33. The van der Waals surface area contributed by atoms with Crippen molar-refractivity contribution < 1.29 is 29.8 Å². The lowest BCUT2D eigenvalue weighted by molar-refractivity contribution is -0.386. The van der Waals surface area contributed by atoms with Crippen molar-refractivity contribution in [1.29, 1.82) is 0 Å². The molecule has 0 fully saturated rings. The van der Waals surface area contributed by atoms with Gasteiger partial charge in [0.2, 0.25) is 0 Å². The number of nitro groups is 1. The number of ketones is 1. The maximum Gasteiger partial charge on any atom is 0.314 e. The summed E-state index contributed by atoms with van der Waals surface area (Å²) in [7, 11) is 0. The van der Waals surface area contributed by atoms with Gasteiger partial charge in [-0.1, -0.05) is 0 Å². The van der Waals surface area contributed by atoms with Crippen LogP contribution in [0.25, 0.3) is 0 Å². The van der Waals surface area contributed by atoms with Gasteiger partial charge >= 0.3 is 5.69 Å². The number of hydrogen-bond acceptors (Lipinski definition) is 7. The van der Waals surface area contributed by atoms with Gasteiger partial charge in [0.05, 0.1) is 17.5 Å². The van der Waals surface area contributed by atoms with Gasteiger partial charge in [0.15, 0.2) is 28.9 Å². The van der Waals surface area contributed by atoms with E-state index in [4.69, 9.17) is 4.74 Å². The number of hydrogen-bond donors (Lipinski definition) is 3. The van der Waals surface area contributed by atoms with Crippen LogP contribution in [0.5, 0.6) is 23.3 Å². The van der Waals surface area contributed by atoms with Crippen molar-refractivity contribution in [3.8, 4) is 23.3 Å². The van der Waals surface area contributed by atoms with E-state index in [0.717, 1.165) is 10.6 Å². The van der Waals surface area contributed by atoms with Gasteiger partial charge in [0, 0.05) is 12.1 Å². The van der Waals surface area contributed by atoms with Gasteiger partial charge in [-0.3, -0.25) is 19.5 Å². The molecule has 0 atom stereocenters. The SMILES string of the molecule is CC(C)(Oc1ccc(O)cc1[N+](=O)[O-])C(=O)Cn1c(O)ccc1O. The summed E-state index contributed by atoms with van der Waals surface area (Å²) >= 11 is 0. The second-order valence-corrected chi connectivity index (χ2v) is 5.58. The van der Waals surface area contributed by atoms with E-state index in [0.29, 0.717) is 0 Å². The number of aromatic hydroxyl groups is 3. The zero-order valence-corrected chi connectivity index (χ0v) is 13.0. The van der Waals surface area contributed by atoms with Crippen LogP contribution in [-0.4, -0.2) is 36.2 Å². The molecule has 0 spiro atoms. The highest BCUT2D eigenvalue weighted by Gasteiger charge is 2.33. The highest BCUT2D eigenvalue weighted by molar-refractivity contribution is 5.87. The molecule has 3 N–H and O–H groups in total. The van der Waals surface area contributed by atoms with E-state index in [1.165, 1.54) is 38.1 Å². The summed E-state index contributed by atoms with van der Waals surface area (Å²) in [5.41, 5.74) is -1.97. The van der Waals surface area contributed by atoms with Crippen molar-refractivity contribution in [2.75, 3.05) is 0 Å². The van der Waals surface area contributed by atoms with E-state index in [9.17, 15) is 30.2 Å². The fourth-order valence-electron chi connectivity index (χ4n) is 2.01. The largest absolute Gasteiger partial charge is 0.508 e. The van der Waals surface area contributed by atoms with E-state index in [2.05, 4.69) is 0 Å². The Hall–Kier alpha value is -3.23. The van der Waals surface area contributed by atoms with Crippen molar-refractivity contribution in [3.05, 3.63) is 40.4 Å². The predicted octanol–water partition coefficient (Wildman–Crippen LogP) is 1.94. The lowest BCUT2D eigenvalue weighted by atomic mass is 10.0. The Morgan fingerprint density at radius 3 is 2.33 bits per heavy atom. The van der Waals surface area contributed by atoms with Gasteiger partial charge in [-0.05, 0) is 26.0 Å². The number of carbonyl (C=O) groups excluding carboxylic acids is 1. The van der Waals surface area contributed by atoms with Crippen molar-refractivity contribution in [1.82, 2.24) is 4.57 Å². The normalized spacial score (nSPS) is 11.2. The molecule has 2 aromatic rings. The minimum atomic E-state index is -1.48. The molecule has 0 unspecified atom stereocenters. The fraction of sp³-hybridized carbons (Fsp3) is 0.267. The topological polar surface area (TPSA) is 135 Å². The molecule has 0 bridgehead atoms. The molecule has 0 saturated carbocycles. The van der Waals surface area contributed by atoms with E-state index in [-0.39, 0.29) is 29.8 Å². The maximum absolute atomic E-state index is 12.4. The number of rotatable bonds is 6. The van der Waals surface area contributed by atoms with Gasteiger partial charge < -0.3 is 20.1 Å². The van der Waals surface area contributed by atoms with Crippen LogP contribution in [0, 0.1) is 10.1 Å². The summed E-state index contributed by atoms with van der Waals surface area (Å²) in [6.07, 6.45) is 0. The zero-order valence-electron chi connectivity index (χ0n) is 13.0. The molecule has 0 aliphatic carbocycles. The lowest BCUT2D eigenvalue weighted by Gasteiger charge is -2.25. The number of phenols is 1. The highest BCUT2D eigenvalue weighted by atomic mass is 16.6. The van der Waals surface area contributed by atoms with Crippen LogP contribution in [0.3, 0.4) is 0 Å². The third-order valence-corrected chi connectivity index (χ3v) is 3.41. The molecule has 1 aromatic heterocycles. The number of phenolic OH excluding ortho intramolecular Hbond substituents is 1. The van der Waals surface area contributed by atoms with Crippen LogP contribution >= 0.6 is 0 Å². The van der Waals surface area contributed by atoms with Gasteiger partial charge in [0.25, 0.3) is 0 Å². The Bertz CT molecular complexity index is 776. The minimum Gasteiger partial charge on any atom is -0.508 e. The van der Waals surface area contributed by atoms with E-state index in [1.54, 1.807) is 0 Å². The Balaban J connectivity index is 2.25. The van der Waals surface area contributed by atoms with Crippen molar-refractivity contribution in [3.63, 3.8) is 0 Å². The van der Waals surface area contributed by atoms with Crippen LogP contribution in [-0.2, 0) is 11.3 Å². The Morgan fingerprint density at radius 2 is 1.79 bits per heavy atom. The van der Waals surface area contributed by atoms with E-state index >= 15 is 0 Å². The molecule has 24 heavy (non-hydrogen) atoms. The number of Topliss-reactive ketones (excluding diaryl/α,β-unsaturated/α-hetero) is 1. The molecular formula is C15H16N2O7. The smallest absolute Gasteiger partial charge is 0.314 e. The van der Waals surface area contributed by atoms with Crippen LogP contribution in [0.4, 0.5) is 5.69 Å². The third kappa shape index (κ3) is 3.40. The lowest BCUT2D eigenvalue weighted by Crippen LogP contribution is -2.40. The second-order valence-electron chi connectivity index (χ2n) is 5.58. The number of ether oxygens (including phenoxy) is 1. The van der Waals surface area contributed by atoms with E-state index < -0.39 is 22.0 Å². The zero-order chi connectivity index (χ0) is 18.1. The summed E-state index contributed by atoms with van der Waals surface area (Å²) in [5.74, 6) is -1.62. The summed E-state index contributed by atoms with van der Waals surface area (Å²) in [6, 6.07) is 5.75. The maximum atomic E-state index is 12.4. The summed E-state index contributed by atoms with van der Waals surface area (Å²) < 4.78 is 6.43. The summed E-state index contributed by atoms with van der Waals surface area (Å²) in [6.45, 7) is 2.43. The standard InChI is InChI=1S/C15H16N2O7/c1-15(2,12(19)8-16-13(20)5-6-14(16)21)24-11-4-3-9(18)7-10(11)17(22)23/h3-7,18,20-21H,8H2,1-2H3. The van der Waals surface area contributed by atoms with Crippen LogP contribution in [0.15, 0.2) is 30.3 Å². The number of benzene rings is 1. The molecule has 2 rings (SSSR count). The molecule has 0 aliphatic heterocycles. The predicted molar refractivity (Wildman–Crippen MR) is 82.2 cm³/mol. The number of nitrogens with zero attached hydrogens (tertiary/aromatic N) is 2. The average Bonchev–Trinajstić information content (AvgIpc) is 2.80. The van der Waals surface area contributed by atoms with Gasteiger partial charge in [-0.25, -0.2) is 0 Å². The van der Waals surface area contributed by atoms with Crippen LogP contribution < -0.4 is 4.74 Å². The van der Waals surface area contributed by atoms with Gasteiger partial charge in [-0.15, -0.1) is 0 Å². The Labute approximate surface area is 136 Å². The van der Waals surface area contributed by atoms with Gasteiger partial charge in [-0.2, -0.15) is 0 Å². The molecule has 0 radical (unpaired) electrons.